The molecule has 4 aromatic rings. The van der Waals surface area contributed by atoms with Crippen molar-refractivity contribution >= 4 is 34.3 Å². The van der Waals surface area contributed by atoms with E-state index in [-0.39, 0.29) is 50.2 Å². The summed E-state index contributed by atoms with van der Waals surface area (Å²) in [5, 5.41) is 2.45. The summed E-state index contributed by atoms with van der Waals surface area (Å²) in [4.78, 5) is 24.6. The third-order valence-electron chi connectivity index (χ3n) is 7.84. The standard InChI is InChI=1S/C34H29ClO6/c1-2-32(36)40-17-15-38-30-13-14-31(24-9-5-4-8-23(24)30)39-16-18-41-34(37)29-20-28-22-7-3-6-10-25(22)33(29)26-12-11-21(35)19-27(26)28/h2-14,19,28-29,33H,1,15-18,20H2. The first-order valence-corrected chi connectivity index (χ1v) is 14.0. The molecule has 41 heavy (non-hydrogen) atoms. The molecule has 3 aliphatic carbocycles. The monoisotopic (exact) mass is 568 g/mol. The van der Waals surface area contributed by atoms with E-state index in [1.54, 1.807) is 0 Å². The van der Waals surface area contributed by atoms with E-state index >= 15 is 0 Å². The Morgan fingerprint density at radius 3 is 2.05 bits per heavy atom. The Balaban J connectivity index is 1.09. The number of halogens is 1. The first-order valence-electron chi connectivity index (χ1n) is 13.7. The molecule has 3 aliphatic rings. The molecule has 0 aliphatic heterocycles. The number of rotatable bonds is 10. The molecule has 0 aromatic heterocycles. The SMILES string of the molecule is C=CC(=O)OCCOc1ccc(OCCOC(=O)C2CC3c4ccccc4C2c2ccc(Cl)cc23)c2ccccc12. The predicted octanol–water partition coefficient (Wildman–Crippen LogP) is 6.82. The molecule has 3 unspecified atom stereocenters. The van der Waals surface area contributed by atoms with Gasteiger partial charge in [-0.3, -0.25) is 4.79 Å². The van der Waals surface area contributed by atoms with Crippen LogP contribution >= 0.6 is 11.6 Å². The lowest BCUT2D eigenvalue weighted by Crippen LogP contribution is -2.37. The van der Waals surface area contributed by atoms with Crippen molar-refractivity contribution in [1.82, 2.24) is 0 Å². The van der Waals surface area contributed by atoms with Crippen molar-refractivity contribution in [2.75, 3.05) is 26.4 Å². The van der Waals surface area contributed by atoms with Gasteiger partial charge >= 0.3 is 11.9 Å². The summed E-state index contributed by atoms with van der Waals surface area (Å²) >= 11 is 6.33. The molecule has 7 rings (SSSR count). The van der Waals surface area contributed by atoms with Gasteiger partial charge in [0.15, 0.2) is 0 Å². The first kappa shape index (κ1) is 26.9. The molecule has 0 radical (unpaired) electrons. The van der Waals surface area contributed by atoms with E-state index < -0.39 is 5.97 Å². The Kier molecular flexibility index (Phi) is 7.66. The van der Waals surface area contributed by atoms with Gasteiger partial charge in [0.05, 0.1) is 5.92 Å². The molecular formula is C34H29ClO6. The number of hydrogen-bond donors (Lipinski definition) is 0. The van der Waals surface area contributed by atoms with E-state index in [0.29, 0.717) is 22.9 Å². The molecule has 2 bridgehead atoms. The Morgan fingerprint density at radius 1 is 0.756 bits per heavy atom. The number of benzene rings is 4. The number of esters is 2. The Labute approximate surface area is 243 Å². The zero-order valence-electron chi connectivity index (χ0n) is 22.4. The smallest absolute Gasteiger partial charge is 0.330 e. The van der Waals surface area contributed by atoms with Gasteiger partial charge in [-0.05, 0) is 52.9 Å². The van der Waals surface area contributed by atoms with Crippen molar-refractivity contribution in [1.29, 1.82) is 0 Å². The fourth-order valence-corrected chi connectivity index (χ4v) is 6.32. The van der Waals surface area contributed by atoms with Crippen LogP contribution in [-0.2, 0) is 19.1 Å². The van der Waals surface area contributed by atoms with Gasteiger partial charge in [-0.15, -0.1) is 0 Å². The van der Waals surface area contributed by atoms with E-state index in [1.165, 1.54) is 16.7 Å². The highest BCUT2D eigenvalue weighted by Crippen LogP contribution is 2.56. The summed E-state index contributed by atoms with van der Waals surface area (Å²) in [5.74, 6) is 0.449. The highest BCUT2D eigenvalue weighted by Gasteiger charge is 2.46. The molecule has 208 valence electrons. The van der Waals surface area contributed by atoms with E-state index in [1.807, 2.05) is 54.6 Å². The minimum Gasteiger partial charge on any atom is -0.489 e. The third-order valence-corrected chi connectivity index (χ3v) is 8.08. The minimum atomic E-state index is -0.488. The summed E-state index contributed by atoms with van der Waals surface area (Å²) in [5.41, 5.74) is 4.85. The molecule has 0 spiro atoms. The predicted molar refractivity (Wildman–Crippen MR) is 157 cm³/mol. The Bertz CT molecular complexity index is 1630. The van der Waals surface area contributed by atoms with E-state index in [2.05, 4.69) is 30.8 Å². The quantitative estimate of drug-likeness (QED) is 0.119. The van der Waals surface area contributed by atoms with Crippen molar-refractivity contribution in [2.45, 2.75) is 18.3 Å². The van der Waals surface area contributed by atoms with Crippen LogP contribution in [0.25, 0.3) is 10.8 Å². The largest absolute Gasteiger partial charge is 0.489 e. The van der Waals surface area contributed by atoms with Crippen LogP contribution < -0.4 is 9.47 Å². The summed E-state index contributed by atoms with van der Waals surface area (Å²) in [6, 6.07) is 25.7. The van der Waals surface area contributed by atoms with Crippen molar-refractivity contribution < 1.29 is 28.5 Å². The van der Waals surface area contributed by atoms with E-state index in [9.17, 15) is 9.59 Å². The molecule has 0 fully saturated rings. The van der Waals surface area contributed by atoms with Gasteiger partial charge in [0.1, 0.15) is 37.9 Å². The van der Waals surface area contributed by atoms with Gasteiger partial charge in [0, 0.05) is 33.7 Å². The maximum Gasteiger partial charge on any atom is 0.330 e. The fourth-order valence-electron chi connectivity index (χ4n) is 6.14. The topological polar surface area (TPSA) is 71.1 Å². The van der Waals surface area contributed by atoms with Gasteiger partial charge in [0.25, 0.3) is 0 Å². The lowest BCUT2D eigenvalue weighted by molar-refractivity contribution is -0.150. The molecule has 7 heteroatoms. The summed E-state index contributed by atoms with van der Waals surface area (Å²) in [6.45, 7) is 4.07. The summed E-state index contributed by atoms with van der Waals surface area (Å²) in [6.07, 6.45) is 1.82. The van der Waals surface area contributed by atoms with Crippen LogP contribution in [-0.4, -0.2) is 38.4 Å². The molecular weight excluding hydrogens is 540 g/mol. The van der Waals surface area contributed by atoms with Crippen LogP contribution in [0.1, 0.15) is 40.5 Å². The number of hydrogen-bond acceptors (Lipinski definition) is 6. The second-order valence-electron chi connectivity index (χ2n) is 10.1. The van der Waals surface area contributed by atoms with Gasteiger partial charge < -0.3 is 18.9 Å². The number of carbonyl (C=O) groups excluding carboxylic acids is 2. The average molecular weight is 569 g/mol. The van der Waals surface area contributed by atoms with Crippen LogP contribution in [0, 0.1) is 5.92 Å². The van der Waals surface area contributed by atoms with Crippen LogP contribution in [0.5, 0.6) is 11.5 Å². The third kappa shape index (κ3) is 5.27. The molecule has 0 saturated carbocycles. The van der Waals surface area contributed by atoms with Gasteiger partial charge in [-0.1, -0.05) is 72.8 Å². The zero-order valence-corrected chi connectivity index (χ0v) is 23.1. The molecule has 0 N–H and O–H groups in total. The van der Waals surface area contributed by atoms with E-state index in [0.717, 1.165) is 22.4 Å². The van der Waals surface area contributed by atoms with Crippen molar-refractivity contribution in [2.24, 2.45) is 5.92 Å². The van der Waals surface area contributed by atoms with Crippen LogP contribution in [0.3, 0.4) is 0 Å². The minimum absolute atomic E-state index is 0.0475. The van der Waals surface area contributed by atoms with Crippen molar-refractivity contribution in [3.05, 3.63) is 119 Å². The second-order valence-corrected chi connectivity index (χ2v) is 10.6. The first-order chi connectivity index (χ1) is 20.0. The van der Waals surface area contributed by atoms with Crippen LogP contribution in [0.4, 0.5) is 0 Å². The number of ether oxygens (including phenoxy) is 4. The number of fused-ring (bicyclic) bond motifs is 2. The van der Waals surface area contributed by atoms with Crippen molar-refractivity contribution in [3.63, 3.8) is 0 Å². The summed E-state index contributed by atoms with van der Waals surface area (Å²) in [7, 11) is 0. The van der Waals surface area contributed by atoms with Crippen LogP contribution in [0.2, 0.25) is 5.02 Å². The lowest BCUT2D eigenvalue weighted by Gasteiger charge is -2.44. The second kappa shape index (κ2) is 11.7. The molecule has 0 saturated heterocycles. The van der Waals surface area contributed by atoms with Gasteiger partial charge in [-0.25, -0.2) is 4.79 Å². The maximum absolute atomic E-state index is 13.4. The molecule has 6 nitrogen and oxygen atoms in total. The lowest BCUT2D eigenvalue weighted by atomic mass is 9.59. The highest BCUT2D eigenvalue weighted by molar-refractivity contribution is 6.30. The molecule has 3 atom stereocenters. The normalized spacial score (nSPS) is 18.2. The van der Waals surface area contributed by atoms with E-state index in [4.69, 9.17) is 30.5 Å². The molecule has 0 amide bonds. The molecule has 4 aromatic carbocycles. The maximum atomic E-state index is 13.4. The average Bonchev–Trinajstić information content (AvgIpc) is 3.01. The highest BCUT2D eigenvalue weighted by atomic mass is 35.5. The van der Waals surface area contributed by atoms with Gasteiger partial charge in [0.2, 0.25) is 0 Å². The zero-order chi connectivity index (χ0) is 28.3. The number of carbonyl (C=O) groups is 2. The fraction of sp³-hybridized carbons (Fsp3) is 0.235. The Morgan fingerprint density at radius 2 is 1.37 bits per heavy atom. The Hall–Kier alpha value is -4.29. The van der Waals surface area contributed by atoms with Crippen molar-refractivity contribution in [3.8, 4) is 11.5 Å². The van der Waals surface area contributed by atoms with Gasteiger partial charge in [-0.2, -0.15) is 0 Å². The summed E-state index contributed by atoms with van der Waals surface area (Å²) < 4.78 is 22.6. The van der Waals surface area contributed by atoms with Crippen LogP contribution in [0.15, 0.2) is 91.5 Å². The molecule has 0 heterocycles.